The molecule has 1 fully saturated rings. The van der Waals surface area contributed by atoms with Crippen molar-refractivity contribution in [2.45, 2.75) is 36.7 Å². The van der Waals surface area contributed by atoms with Crippen molar-refractivity contribution in [3.63, 3.8) is 0 Å². The van der Waals surface area contributed by atoms with Crippen molar-refractivity contribution < 1.29 is 13.2 Å². The van der Waals surface area contributed by atoms with Gasteiger partial charge in [-0.1, -0.05) is 39.7 Å². The Morgan fingerprint density at radius 3 is 2.63 bits per heavy atom. The summed E-state index contributed by atoms with van der Waals surface area (Å²) in [4.78, 5) is 13.0. The fraction of sp³-hybridized carbons (Fsp3) is 0.316. The Hall–Kier alpha value is -1.41. The van der Waals surface area contributed by atoms with Gasteiger partial charge in [-0.3, -0.25) is 4.79 Å². The quantitative estimate of drug-likeness (QED) is 0.713. The molecule has 0 unspecified atom stereocenters. The number of rotatable bonds is 5. The number of nitrogens with zero attached hydrogens (tertiary/aromatic N) is 1. The molecule has 0 spiro atoms. The lowest BCUT2D eigenvalue weighted by Crippen LogP contribution is -2.46. The van der Waals surface area contributed by atoms with Crippen LogP contribution in [0, 0.1) is 0 Å². The fourth-order valence-electron chi connectivity index (χ4n) is 3.20. The number of hydrogen-bond acceptors (Lipinski definition) is 3. The number of halogens is 2. The summed E-state index contributed by atoms with van der Waals surface area (Å²) >= 11 is 9.31. The summed E-state index contributed by atoms with van der Waals surface area (Å²) in [6, 6.07) is 12.7. The van der Waals surface area contributed by atoms with Crippen LogP contribution in [0.3, 0.4) is 0 Å². The molecular formula is C19H20BrClN2O3S. The molecule has 0 radical (unpaired) electrons. The van der Waals surface area contributed by atoms with Crippen molar-refractivity contribution in [2.75, 3.05) is 6.54 Å². The van der Waals surface area contributed by atoms with Crippen LogP contribution in [0.25, 0.3) is 0 Å². The molecule has 0 bridgehead atoms. The molecule has 27 heavy (non-hydrogen) atoms. The Morgan fingerprint density at radius 1 is 1.26 bits per heavy atom. The van der Waals surface area contributed by atoms with Gasteiger partial charge in [0.05, 0.1) is 10.9 Å². The van der Waals surface area contributed by atoms with Gasteiger partial charge in [-0.05, 0) is 61.7 Å². The number of benzene rings is 2. The summed E-state index contributed by atoms with van der Waals surface area (Å²) in [5, 5.41) is 3.51. The minimum Gasteiger partial charge on any atom is -0.348 e. The van der Waals surface area contributed by atoms with E-state index in [0.29, 0.717) is 24.4 Å². The summed E-state index contributed by atoms with van der Waals surface area (Å²) < 4.78 is 28.0. The molecule has 144 valence electrons. The van der Waals surface area contributed by atoms with Crippen LogP contribution in [-0.4, -0.2) is 31.2 Å². The van der Waals surface area contributed by atoms with Crippen molar-refractivity contribution in [3.05, 3.63) is 63.6 Å². The van der Waals surface area contributed by atoms with Gasteiger partial charge in [-0.2, -0.15) is 4.31 Å². The van der Waals surface area contributed by atoms with E-state index in [4.69, 9.17) is 11.6 Å². The Labute approximate surface area is 172 Å². The van der Waals surface area contributed by atoms with Crippen molar-refractivity contribution in [3.8, 4) is 0 Å². The number of hydrogen-bond donors (Lipinski definition) is 1. The zero-order chi connectivity index (χ0) is 19.6. The SMILES string of the molecule is C[C@@H](NC(=O)[C@@H]1CCCN1S(=O)(=O)c1ccc(Br)cc1)c1cccc(Cl)c1. The highest BCUT2D eigenvalue weighted by molar-refractivity contribution is 9.10. The third-order valence-corrected chi connectivity index (χ3v) is 7.32. The van der Waals surface area contributed by atoms with Gasteiger partial charge in [0.15, 0.2) is 0 Å². The lowest BCUT2D eigenvalue weighted by molar-refractivity contribution is -0.124. The highest BCUT2D eigenvalue weighted by Gasteiger charge is 2.39. The van der Waals surface area contributed by atoms with Gasteiger partial charge in [0.25, 0.3) is 0 Å². The molecule has 1 N–H and O–H groups in total. The first-order chi connectivity index (χ1) is 12.8. The largest absolute Gasteiger partial charge is 0.348 e. The number of nitrogens with one attached hydrogen (secondary N) is 1. The number of carbonyl (C=O) groups excluding carboxylic acids is 1. The second-order valence-corrected chi connectivity index (χ2v) is 9.76. The average molecular weight is 472 g/mol. The van der Waals surface area contributed by atoms with Gasteiger partial charge in [0.2, 0.25) is 15.9 Å². The van der Waals surface area contributed by atoms with Gasteiger partial charge in [-0.15, -0.1) is 0 Å². The number of amides is 1. The van der Waals surface area contributed by atoms with Crippen LogP contribution in [-0.2, 0) is 14.8 Å². The molecule has 2 atom stereocenters. The van der Waals surface area contributed by atoms with E-state index in [1.54, 1.807) is 36.4 Å². The average Bonchev–Trinajstić information content (AvgIpc) is 3.13. The summed E-state index contributed by atoms with van der Waals surface area (Å²) in [5.41, 5.74) is 0.871. The molecule has 2 aromatic rings. The predicted molar refractivity (Wildman–Crippen MR) is 109 cm³/mol. The van der Waals surface area contributed by atoms with Crippen molar-refractivity contribution in [1.29, 1.82) is 0 Å². The lowest BCUT2D eigenvalue weighted by atomic mass is 10.1. The highest BCUT2D eigenvalue weighted by Crippen LogP contribution is 2.28. The molecule has 1 saturated heterocycles. The molecule has 1 aliphatic rings. The lowest BCUT2D eigenvalue weighted by Gasteiger charge is -2.25. The molecule has 8 heteroatoms. The van der Waals surface area contributed by atoms with E-state index in [1.165, 1.54) is 4.31 Å². The fourth-order valence-corrected chi connectivity index (χ4v) is 5.32. The van der Waals surface area contributed by atoms with Crippen LogP contribution < -0.4 is 5.32 Å². The first-order valence-electron chi connectivity index (χ1n) is 8.62. The third kappa shape index (κ3) is 4.54. The van der Waals surface area contributed by atoms with Crippen LogP contribution in [0.5, 0.6) is 0 Å². The topological polar surface area (TPSA) is 66.5 Å². The van der Waals surface area contributed by atoms with E-state index in [2.05, 4.69) is 21.2 Å². The molecule has 1 heterocycles. The Bertz CT molecular complexity index is 934. The van der Waals surface area contributed by atoms with Crippen LogP contribution in [0.15, 0.2) is 57.9 Å². The maximum absolute atomic E-state index is 13.0. The van der Waals surface area contributed by atoms with Gasteiger partial charge >= 0.3 is 0 Å². The molecule has 0 saturated carbocycles. The van der Waals surface area contributed by atoms with Crippen LogP contribution >= 0.6 is 27.5 Å². The normalized spacial score (nSPS) is 19.0. The van der Waals surface area contributed by atoms with E-state index in [-0.39, 0.29) is 16.8 Å². The Morgan fingerprint density at radius 2 is 1.96 bits per heavy atom. The molecular weight excluding hydrogens is 452 g/mol. The summed E-state index contributed by atoms with van der Waals surface area (Å²) in [6.07, 6.45) is 1.16. The smallest absolute Gasteiger partial charge is 0.243 e. The molecule has 3 rings (SSSR count). The summed E-state index contributed by atoms with van der Waals surface area (Å²) in [5.74, 6) is -0.291. The standard InChI is InChI=1S/C19H20BrClN2O3S/c1-13(14-4-2-5-16(21)12-14)22-19(24)18-6-3-11-23(18)27(25,26)17-9-7-15(20)8-10-17/h2,4-5,7-10,12-13,18H,3,6,11H2,1H3,(H,22,24)/t13-,18+/m1/s1. The molecule has 0 aromatic heterocycles. The minimum atomic E-state index is -3.73. The second-order valence-electron chi connectivity index (χ2n) is 6.51. The molecule has 0 aliphatic carbocycles. The first kappa shape index (κ1) is 20.3. The maximum Gasteiger partial charge on any atom is 0.243 e. The molecule has 1 aliphatic heterocycles. The van der Waals surface area contributed by atoms with Crippen LogP contribution in [0.4, 0.5) is 0 Å². The molecule has 1 amide bonds. The summed E-state index contributed by atoms with van der Waals surface area (Å²) in [6.45, 7) is 2.19. The molecule has 5 nitrogen and oxygen atoms in total. The molecule has 2 aromatic carbocycles. The number of carbonyl (C=O) groups is 1. The second kappa shape index (κ2) is 8.31. The minimum absolute atomic E-state index is 0.188. The van der Waals surface area contributed by atoms with Crippen molar-refractivity contribution >= 4 is 43.5 Å². The van der Waals surface area contributed by atoms with E-state index in [1.807, 2.05) is 19.1 Å². The zero-order valence-electron chi connectivity index (χ0n) is 14.7. The van der Waals surface area contributed by atoms with Crippen LogP contribution in [0.1, 0.15) is 31.4 Å². The van der Waals surface area contributed by atoms with Gasteiger partial charge in [0.1, 0.15) is 6.04 Å². The predicted octanol–water partition coefficient (Wildman–Crippen LogP) is 4.13. The van der Waals surface area contributed by atoms with E-state index in [9.17, 15) is 13.2 Å². The summed E-state index contributed by atoms with van der Waals surface area (Å²) in [7, 11) is -3.73. The van der Waals surface area contributed by atoms with Gasteiger partial charge in [-0.25, -0.2) is 8.42 Å². The van der Waals surface area contributed by atoms with Crippen molar-refractivity contribution in [1.82, 2.24) is 9.62 Å². The van der Waals surface area contributed by atoms with Crippen molar-refractivity contribution in [2.24, 2.45) is 0 Å². The Kier molecular flexibility index (Phi) is 6.25. The monoisotopic (exact) mass is 470 g/mol. The van der Waals surface area contributed by atoms with E-state index in [0.717, 1.165) is 10.0 Å². The zero-order valence-corrected chi connectivity index (χ0v) is 17.9. The van der Waals surface area contributed by atoms with Crippen LogP contribution in [0.2, 0.25) is 5.02 Å². The number of sulfonamides is 1. The highest BCUT2D eigenvalue weighted by atomic mass is 79.9. The maximum atomic E-state index is 13.0. The van der Waals surface area contributed by atoms with Gasteiger partial charge < -0.3 is 5.32 Å². The van der Waals surface area contributed by atoms with E-state index >= 15 is 0 Å². The third-order valence-electron chi connectivity index (χ3n) is 4.63. The van der Waals surface area contributed by atoms with E-state index < -0.39 is 16.1 Å². The Balaban J connectivity index is 1.77. The first-order valence-corrected chi connectivity index (χ1v) is 11.2. The van der Waals surface area contributed by atoms with Gasteiger partial charge in [0, 0.05) is 16.0 Å².